The summed E-state index contributed by atoms with van der Waals surface area (Å²) in [6, 6.07) is 7.66. The van der Waals surface area contributed by atoms with E-state index in [0.29, 0.717) is 33.0 Å². The van der Waals surface area contributed by atoms with Gasteiger partial charge < -0.3 is 19.9 Å². The first-order valence-corrected chi connectivity index (χ1v) is 5.32. The van der Waals surface area contributed by atoms with Gasteiger partial charge in [-0.15, -0.1) is 0 Å². The van der Waals surface area contributed by atoms with Crippen molar-refractivity contribution in [2.75, 3.05) is 39.3 Å². The Morgan fingerprint density at radius 2 is 1.56 bits per heavy atom. The summed E-state index contributed by atoms with van der Waals surface area (Å²) in [5, 5.41) is 0. The van der Waals surface area contributed by atoms with Gasteiger partial charge in [-0.2, -0.15) is 0 Å². The van der Waals surface area contributed by atoms with Gasteiger partial charge in [-0.25, -0.2) is 0 Å². The Labute approximate surface area is 96.3 Å². The molecule has 0 amide bonds. The molecule has 16 heavy (non-hydrogen) atoms. The van der Waals surface area contributed by atoms with Gasteiger partial charge in [-0.05, 0) is 17.7 Å². The minimum absolute atomic E-state index is 0.591. The van der Waals surface area contributed by atoms with Gasteiger partial charge in [0.2, 0.25) is 0 Å². The lowest BCUT2D eigenvalue weighted by Gasteiger charge is -2.05. The van der Waals surface area contributed by atoms with E-state index in [0.717, 1.165) is 11.3 Å². The highest BCUT2D eigenvalue weighted by molar-refractivity contribution is 5.39. The fraction of sp³-hybridized carbons (Fsp3) is 0.500. The summed E-state index contributed by atoms with van der Waals surface area (Å²) in [5.74, 6) is 0. The van der Waals surface area contributed by atoms with Gasteiger partial charge in [0, 0.05) is 12.8 Å². The Hall–Kier alpha value is -1.10. The smallest absolute Gasteiger partial charge is 0.0718 e. The van der Waals surface area contributed by atoms with Gasteiger partial charge in [0.1, 0.15) is 0 Å². The Morgan fingerprint density at radius 1 is 0.938 bits per heavy atom. The van der Waals surface area contributed by atoms with Crippen LogP contribution in [0.2, 0.25) is 0 Å². The molecule has 90 valence electrons. The number of benzene rings is 1. The third kappa shape index (κ3) is 5.70. The molecule has 0 fully saturated rings. The molecular weight excluding hydrogens is 206 g/mol. The van der Waals surface area contributed by atoms with Gasteiger partial charge >= 0.3 is 0 Å². The molecule has 0 aliphatic heterocycles. The van der Waals surface area contributed by atoms with Crippen molar-refractivity contribution in [3.8, 4) is 0 Å². The highest BCUT2D eigenvalue weighted by Crippen LogP contribution is 2.06. The maximum atomic E-state index is 5.58. The molecule has 4 nitrogen and oxygen atoms in total. The van der Waals surface area contributed by atoms with E-state index in [1.54, 1.807) is 7.11 Å². The van der Waals surface area contributed by atoms with E-state index in [1.165, 1.54) is 0 Å². The molecule has 0 aliphatic rings. The third-order valence-electron chi connectivity index (χ3n) is 2.05. The predicted octanol–water partition coefficient (Wildman–Crippen LogP) is 1.45. The lowest BCUT2D eigenvalue weighted by molar-refractivity contribution is 0.0199. The lowest BCUT2D eigenvalue weighted by Crippen LogP contribution is -2.08. The minimum atomic E-state index is 0.591. The van der Waals surface area contributed by atoms with Gasteiger partial charge in [0.25, 0.3) is 0 Å². The molecule has 0 radical (unpaired) electrons. The van der Waals surface area contributed by atoms with E-state index in [9.17, 15) is 0 Å². The number of hydrogen-bond acceptors (Lipinski definition) is 4. The summed E-state index contributed by atoms with van der Waals surface area (Å²) in [4.78, 5) is 0. The molecule has 0 bridgehead atoms. The Bertz CT molecular complexity index is 274. The summed E-state index contributed by atoms with van der Waals surface area (Å²) >= 11 is 0. The van der Waals surface area contributed by atoms with Crippen molar-refractivity contribution in [3.63, 3.8) is 0 Å². The zero-order chi connectivity index (χ0) is 11.6. The summed E-state index contributed by atoms with van der Waals surface area (Å²) < 4.78 is 15.5. The standard InChI is InChI=1S/C12H19NO3/c1-14-6-7-15-8-9-16-10-11-2-4-12(13)5-3-11/h2-5H,6-10,13H2,1H3. The zero-order valence-corrected chi connectivity index (χ0v) is 9.65. The number of hydrogen-bond donors (Lipinski definition) is 1. The maximum Gasteiger partial charge on any atom is 0.0718 e. The molecular formula is C12H19NO3. The van der Waals surface area contributed by atoms with E-state index < -0.39 is 0 Å². The second kappa shape index (κ2) is 8.10. The lowest BCUT2D eigenvalue weighted by atomic mass is 10.2. The van der Waals surface area contributed by atoms with Crippen molar-refractivity contribution in [2.45, 2.75) is 6.61 Å². The molecule has 0 saturated carbocycles. The van der Waals surface area contributed by atoms with Crippen LogP contribution in [0, 0.1) is 0 Å². The van der Waals surface area contributed by atoms with E-state index in [-0.39, 0.29) is 0 Å². The highest BCUT2D eigenvalue weighted by atomic mass is 16.5. The molecule has 0 aliphatic carbocycles. The van der Waals surface area contributed by atoms with Crippen LogP contribution in [0.15, 0.2) is 24.3 Å². The number of nitrogen functional groups attached to an aromatic ring is 1. The monoisotopic (exact) mass is 225 g/mol. The Kier molecular flexibility index (Phi) is 6.56. The molecule has 2 N–H and O–H groups in total. The van der Waals surface area contributed by atoms with Crippen LogP contribution in [0.3, 0.4) is 0 Å². The van der Waals surface area contributed by atoms with E-state index in [4.69, 9.17) is 19.9 Å². The second-order valence-electron chi connectivity index (χ2n) is 3.40. The molecule has 1 aromatic carbocycles. The molecule has 0 saturated heterocycles. The third-order valence-corrected chi connectivity index (χ3v) is 2.05. The van der Waals surface area contributed by atoms with Crippen molar-refractivity contribution in [2.24, 2.45) is 0 Å². The number of anilines is 1. The summed E-state index contributed by atoms with van der Waals surface area (Å²) in [5.41, 5.74) is 7.46. The molecule has 0 spiro atoms. The number of rotatable bonds is 8. The summed E-state index contributed by atoms with van der Waals surface area (Å²) in [7, 11) is 1.65. The van der Waals surface area contributed by atoms with E-state index >= 15 is 0 Å². The number of nitrogens with two attached hydrogens (primary N) is 1. The predicted molar refractivity (Wildman–Crippen MR) is 63.2 cm³/mol. The molecule has 1 rings (SSSR count). The van der Waals surface area contributed by atoms with Crippen molar-refractivity contribution >= 4 is 5.69 Å². The van der Waals surface area contributed by atoms with Crippen LogP contribution in [0.1, 0.15) is 5.56 Å². The van der Waals surface area contributed by atoms with E-state index in [2.05, 4.69) is 0 Å². The number of ether oxygens (including phenoxy) is 3. The van der Waals surface area contributed by atoms with E-state index in [1.807, 2.05) is 24.3 Å². The van der Waals surface area contributed by atoms with Gasteiger partial charge in [-0.3, -0.25) is 0 Å². The summed E-state index contributed by atoms with van der Waals surface area (Å²) in [6.07, 6.45) is 0. The van der Waals surface area contributed by atoms with Crippen LogP contribution in [0.4, 0.5) is 5.69 Å². The van der Waals surface area contributed by atoms with Crippen LogP contribution in [-0.4, -0.2) is 33.5 Å². The van der Waals surface area contributed by atoms with Gasteiger partial charge in [-0.1, -0.05) is 12.1 Å². The zero-order valence-electron chi connectivity index (χ0n) is 9.65. The topological polar surface area (TPSA) is 53.7 Å². The molecule has 0 aromatic heterocycles. The average Bonchev–Trinajstić information content (AvgIpc) is 2.30. The number of methoxy groups -OCH3 is 1. The molecule has 0 atom stereocenters. The minimum Gasteiger partial charge on any atom is -0.399 e. The quantitative estimate of drug-likeness (QED) is 0.537. The van der Waals surface area contributed by atoms with Crippen molar-refractivity contribution < 1.29 is 14.2 Å². The maximum absolute atomic E-state index is 5.58. The molecule has 0 heterocycles. The van der Waals surface area contributed by atoms with Crippen molar-refractivity contribution in [3.05, 3.63) is 29.8 Å². The van der Waals surface area contributed by atoms with Crippen LogP contribution < -0.4 is 5.73 Å². The Balaban J connectivity index is 2.01. The average molecular weight is 225 g/mol. The van der Waals surface area contributed by atoms with Crippen LogP contribution >= 0.6 is 0 Å². The normalized spacial score (nSPS) is 10.6. The van der Waals surface area contributed by atoms with Crippen LogP contribution in [0.25, 0.3) is 0 Å². The largest absolute Gasteiger partial charge is 0.399 e. The van der Waals surface area contributed by atoms with Gasteiger partial charge in [0.05, 0.1) is 33.0 Å². The Morgan fingerprint density at radius 3 is 2.25 bits per heavy atom. The first-order valence-electron chi connectivity index (χ1n) is 5.32. The fourth-order valence-electron chi connectivity index (χ4n) is 1.17. The van der Waals surface area contributed by atoms with Crippen molar-refractivity contribution in [1.82, 2.24) is 0 Å². The van der Waals surface area contributed by atoms with Crippen molar-refractivity contribution in [1.29, 1.82) is 0 Å². The first-order chi connectivity index (χ1) is 7.83. The highest BCUT2D eigenvalue weighted by Gasteiger charge is 1.93. The first kappa shape index (κ1) is 13.0. The van der Waals surface area contributed by atoms with Gasteiger partial charge in [0.15, 0.2) is 0 Å². The second-order valence-corrected chi connectivity index (χ2v) is 3.40. The van der Waals surface area contributed by atoms with Crippen LogP contribution in [0.5, 0.6) is 0 Å². The summed E-state index contributed by atoms with van der Waals surface area (Å²) in [6.45, 7) is 3.01. The fourth-order valence-corrected chi connectivity index (χ4v) is 1.17. The SMILES string of the molecule is COCCOCCOCc1ccc(N)cc1. The molecule has 0 unspecified atom stereocenters. The molecule has 1 aromatic rings. The molecule has 4 heteroatoms. The van der Waals surface area contributed by atoms with Crippen LogP contribution in [-0.2, 0) is 20.8 Å².